The molecule has 3 rings (SSSR count). The number of hydrogen-bond acceptors (Lipinski definition) is 5. The van der Waals surface area contributed by atoms with Gasteiger partial charge in [-0.3, -0.25) is 4.79 Å². The second kappa shape index (κ2) is 10.6. The van der Waals surface area contributed by atoms with E-state index in [1.807, 2.05) is 30.3 Å². The van der Waals surface area contributed by atoms with Crippen molar-refractivity contribution < 1.29 is 23.4 Å². The minimum atomic E-state index is -0.439. The highest BCUT2D eigenvalue weighted by atomic mass is 19.1. The largest absolute Gasteiger partial charge is 0.493 e. The van der Waals surface area contributed by atoms with Crippen LogP contribution in [0.3, 0.4) is 0 Å². The summed E-state index contributed by atoms with van der Waals surface area (Å²) < 4.78 is 29.3. The molecule has 0 bridgehead atoms. The SMILES string of the molecule is COc1cc(/C=N\NC(=O)COc2ccc(F)cc2)ccc1OCc1ccccc1. The maximum Gasteiger partial charge on any atom is 0.277 e. The number of nitrogens with one attached hydrogen (secondary N) is 1. The molecule has 0 unspecified atom stereocenters. The van der Waals surface area contributed by atoms with Crippen LogP contribution in [0.1, 0.15) is 11.1 Å². The van der Waals surface area contributed by atoms with Crippen molar-refractivity contribution in [3.05, 3.63) is 89.7 Å². The lowest BCUT2D eigenvalue weighted by Crippen LogP contribution is -2.24. The van der Waals surface area contributed by atoms with E-state index in [0.717, 1.165) is 11.1 Å². The number of ether oxygens (including phenoxy) is 3. The molecular weight excluding hydrogens is 387 g/mol. The predicted molar refractivity (Wildman–Crippen MR) is 111 cm³/mol. The first kappa shape index (κ1) is 20.9. The van der Waals surface area contributed by atoms with Gasteiger partial charge < -0.3 is 14.2 Å². The molecule has 0 aliphatic carbocycles. The molecule has 1 amide bonds. The smallest absolute Gasteiger partial charge is 0.277 e. The third kappa shape index (κ3) is 6.34. The second-order valence-corrected chi connectivity index (χ2v) is 6.22. The Kier molecular flexibility index (Phi) is 7.38. The molecule has 3 aromatic rings. The van der Waals surface area contributed by atoms with Gasteiger partial charge in [0.25, 0.3) is 5.91 Å². The van der Waals surface area contributed by atoms with Crippen LogP contribution in [-0.4, -0.2) is 25.8 Å². The monoisotopic (exact) mass is 408 g/mol. The van der Waals surface area contributed by atoms with Crippen molar-refractivity contribution in [3.8, 4) is 17.2 Å². The molecule has 154 valence electrons. The van der Waals surface area contributed by atoms with Crippen molar-refractivity contribution in [1.29, 1.82) is 0 Å². The molecule has 0 saturated heterocycles. The van der Waals surface area contributed by atoms with Gasteiger partial charge in [0.05, 0.1) is 13.3 Å². The summed E-state index contributed by atoms with van der Waals surface area (Å²) >= 11 is 0. The topological polar surface area (TPSA) is 69.2 Å². The summed E-state index contributed by atoms with van der Waals surface area (Å²) in [6.45, 7) is 0.188. The molecule has 3 aromatic carbocycles. The highest BCUT2D eigenvalue weighted by Crippen LogP contribution is 2.28. The lowest BCUT2D eigenvalue weighted by atomic mass is 10.2. The number of amides is 1. The standard InChI is InChI=1S/C23H21FN2O4/c1-28-22-13-18(7-12-21(22)30-15-17-5-3-2-4-6-17)14-25-26-23(27)16-29-20-10-8-19(24)9-11-20/h2-14H,15-16H2,1H3,(H,26,27)/b25-14-. The maximum atomic E-state index is 12.8. The van der Waals surface area contributed by atoms with Crippen molar-refractivity contribution >= 4 is 12.1 Å². The quantitative estimate of drug-likeness (QED) is 0.430. The zero-order chi connectivity index (χ0) is 21.2. The highest BCUT2D eigenvalue weighted by molar-refractivity contribution is 5.83. The highest BCUT2D eigenvalue weighted by Gasteiger charge is 2.06. The van der Waals surface area contributed by atoms with Crippen LogP contribution in [0.15, 0.2) is 77.9 Å². The number of hydrazone groups is 1. The van der Waals surface area contributed by atoms with E-state index in [9.17, 15) is 9.18 Å². The van der Waals surface area contributed by atoms with Crippen LogP contribution in [0, 0.1) is 5.82 Å². The molecule has 0 aromatic heterocycles. The Morgan fingerprint density at radius 1 is 1.00 bits per heavy atom. The first-order chi connectivity index (χ1) is 14.6. The van der Waals surface area contributed by atoms with E-state index in [2.05, 4.69) is 10.5 Å². The van der Waals surface area contributed by atoms with Crippen LogP contribution in [0.4, 0.5) is 4.39 Å². The normalized spacial score (nSPS) is 10.6. The lowest BCUT2D eigenvalue weighted by molar-refractivity contribution is -0.123. The molecule has 0 aliphatic rings. The first-order valence-corrected chi connectivity index (χ1v) is 9.19. The van der Waals surface area contributed by atoms with Gasteiger partial charge in [-0.2, -0.15) is 5.10 Å². The molecule has 0 aliphatic heterocycles. The third-order valence-electron chi connectivity index (χ3n) is 4.01. The number of hydrogen-bond donors (Lipinski definition) is 1. The van der Waals surface area contributed by atoms with Crippen LogP contribution in [-0.2, 0) is 11.4 Å². The molecule has 6 nitrogen and oxygen atoms in total. The number of nitrogens with zero attached hydrogens (tertiary/aromatic N) is 1. The number of carbonyl (C=O) groups excluding carboxylic acids is 1. The summed E-state index contributed by atoms with van der Waals surface area (Å²) in [5.41, 5.74) is 4.14. The molecule has 0 radical (unpaired) electrons. The zero-order valence-corrected chi connectivity index (χ0v) is 16.4. The fourth-order valence-electron chi connectivity index (χ4n) is 2.51. The molecule has 0 heterocycles. The molecule has 0 spiro atoms. The first-order valence-electron chi connectivity index (χ1n) is 9.19. The summed E-state index contributed by atoms with van der Waals surface area (Å²) in [5.74, 6) is 0.746. The van der Waals surface area contributed by atoms with Gasteiger partial charge in [0.2, 0.25) is 0 Å². The third-order valence-corrected chi connectivity index (χ3v) is 4.01. The Labute approximate surface area is 173 Å². The van der Waals surface area contributed by atoms with Gasteiger partial charge in [0, 0.05) is 0 Å². The average Bonchev–Trinajstić information content (AvgIpc) is 2.78. The van der Waals surface area contributed by atoms with Crippen LogP contribution >= 0.6 is 0 Å². The molecule has 30 heavy (non-hydrogen) atoms. The number of carbonyl (C=O) groups is 1. The number of benzene rings is 3. The van der Waals surface area contributed by atoms with E-state index in [1.54, 1.807) is 25.3 Å². The van der Waals surface area contributed by atoms with Crippen LogP contribution in [0.25, 0.3) is 0 Å². The Balaban J connectivity index is 1.50. The van der Waals surface area contributed by atoms with E-state index < -0.39 is 5.91 Å². The van der Waals surface area contributed by atoms with Crippen molar-refractivity contribution in [3.63, 3.8) is 0 Å². The van der Waals surface area contributed by atoms with Gasteiger partial charge in [-0.05, 0) is 53.6 Å². The van der Waals surface area contributed by atoms with Gasteiger partial charge in [-0.15, -0.1) is 0 Å². The Morgan fingerprint density at radius 3 is 2.50 bits per heavy atom. The van der Waals surface area contributed by atoms with Gasteiger partial charge in [0.15, 0.2) is 18.1 Å². The van der Waals surface area contributed by atoms with E-state index in [4.69, 9.17) is 14.2 Å². The molecule has 0 atom stereocenters. The Hall–Kier alpha value is -3.87. The number of rotatable bonds is 9. The van der Waals surface area contributed by atoms with Crippen LogP contribution in [0.2, 0.25) is 0 Å². The van der Waals surface area contributed by atoms with Gasteiger partial charge in [0.1, 0.15) is 18.2 Å². The predicted octanol–water partition coefficient (Wildman–Crippen LogP) is 3.94. The average molecular weight is 408 g/mol. The van der Waals surface area contributed by atoms with Crippen molar-refractivity contribution in [2.45, 2.75) is 6.61 Å². The van der Waals surface area contributed by atoms with Crippen LogP contribution < -0.4 is 19.6 Å². The van der Waals surface area contributed by atoms with E-state index in [0.29, 0.717) is 23.9 Å². The van der Waals surface area contributed by atoms with Gasteiger partial charge in [-0.25, -0.2) is 9.82 Å². The number of methoxy groups -OCH3 is 1. The van der Waals surface area contributed by atoms with E-state index in [1.165, 1.54) is 30.5 Å². The minimum absolute atomic E-state index is 0.238. The van der Waals surface area contributed by atoms with E-state index >= 15 is 0 Å². The van der Waals surface area contributed by atoms with Gasteiger partial charge in [-0.1, -0.05) is 30.3 Å². The summed E-state index contributed by atoms with van der Waals surface area (Å²) in [7, 11) is 1.56. The number of halogens is 1. The fourth-order valence-corrected chi connectivity index (χ4v) is 2.51. The van der Waals surface area contributed by atoms with Crippen molar-refractivity contribution in [2.24, 2.45) is 5.10 Å². The molecule has 0 fully saturated rings. The summed E-state index contributed by atoms with van der Waals surface area (Å²) in [4.78, 5) is 11.8. The van der Waals surface area contributed by atoms with Crippen LogP contribution in [0.5, 0.6) is 17.2 Å². The van der Waals surface area contributed by atoms with Crippen molar-refractivity contribution in [1.82, 2.24) is 5.43 Å². The Morgan fingerprint density at radius 2 is 1.77 bits per heavy atom. The summed E-state index contributed by atoms with van der Waals surface area (Å²) in [5, 5.41) is 3.91. The zero-order valence-electron chi connectivity index (χ0n) is 16.4. The molecular formula is C23H21FN2O4. The maximum absolute atomic E-state index is 12.8. The summed E-state index contributed by atoms with van der Waals surface area (Å²) in [6.07, 6.45) is 1.49. The second-order valence-electron chi connectivity index (χ2n) is 6.22. The summed E-state index contributed by atoms with van der Waals surface area (Å²) in [6, 6.07) is 20.6. The lowest BCUT2D eigenvalue weighted by Gasteiger charge is -2.11. The van der Waals surface area contributed by atoms with Crippen molar-refractivity contribution in [2.75, 3.05) is 13.7 Å². The molecule has 7 heteroatoms. The molecule has 1 N–H and O–H groups in total. The van der Waals surface area contributed by atoms with Gasteiger partial charge >= 0.3 is 0 Å². The molecule has 0 saturated carbocycles. The Bertz CT molecular complexity index is 992. The van der Waals surface area contributed by atoms with E-state index in [-0.39, 0.29) is 12.4 Å². The minimum Gasteiger partial charge on any atom is -0.493 e. The fraction of sp³-hybridized carbons (Fsp3) is 0.130.